The fourth-order valence-corrected chi connectivity index (χ4v) is 2.06. The summed E-state index contributed by atoms with van der Waals surface area (Å²) in [5.41, 5.74) is 0.381. The van der Waals surface area contributed by atoms with Crippen LogP contribution in [0.3, 0.4) is 0 Å². The van der Waals surface area contributed by atoms with Crippen LogP contribution in [-0.2, 0) is 20.8 Å². The highest BCUT2D eigenvalue weighted by molar-refractivity contribution is 7.37. The van der Waals surface area contributed by atoms with E-state index in [1.807, 2.05) is 0 Å². The Morgan fingerprint density at radius 1 is 1.39 bits per heavy atom. The van der Waals surface area contributed by atoms with Crippen molar-refractivity contribution in [1.29, 1.82) is 0 Å². The van der Waals surface area contributed by atoms with E-state index in [4.69, 9.17) is 9.73 Å². The van der Waals surface area contributed by atoms with Crippen molar-refractivity contribution in [3.63, 3.8) is 0 Å². The van der Waals surface area contributed by atoms with Crippen LogP contribution in [0, 0.1) is 0 Å². The third-order valence-electron chi connectivity index (χ3n) is 2.58. The van der Waals surface area contributed by atoms with Gasteiger partial charge in [0.1, 0.15) is 12.4 Å². The van der Waals surface area contributed by atoms with E-state index in [0.29, 0.717) is 5.56 Å². The molecule has 0 aliphatic heterocycles. The second-order valence-corrected chi connectivity index (χ2v) is 5.67. The zero-order valence-corrected chi connectivity index (χ0v) is 13.1. The van der Waals surface area contributed by atoms with Gasteiger partial charge >= 0.3 is 14.4 Å². The van der Waals surface area contributed by atoms with Crippen molar-refractivity contribution in [3.05, 3.63) is 29.8 Å². The second kappa shape index (κ2) is 8.81. The molecule has 1 amide bonds. The Hall–Kier alpha value is -1.70. The third kappa shape index (κ3) is 8.49. The Balaban J connectivity index is 2.58. The monoisotopic (exact) mass is 354 g/mol. The molecular formula is C13H16F3NO5P+. The highest BCUT2D eigenvalue weighted by Gasteiger charge is 2.31. The highest BCUT2D eigenvalue weighted by atomic mass is 31.1. The summed E-state index contributed by atoms with van der Waals surface area (Å²) in [6.45, 7) is 1.22. The van der Waals surface area contributed by atoms with Gasteiger partial charge in [0.05, 0.1) is 6.54 Å². The number of amides is 1. The minimum atomic E-state index is -4.79. The first kappa shape index (κ1) is 19.3. The summed E-state index contributed by atoms with van der Waals surface area (Å²) in [6.07, 6.45) is -4.49. The molecule has 0 aliphatic rings. The van der Waals surface area contributed by atoms with Crippen LogP contribution >= 0.6 is 8.03 Å². The summed E-state index contributed by atoms with van der Waals surface area (Å²) in [4.78, 5) is 25.3. The molecule has 0 fully saturated rings. The lowest BCUT2D eigenvalue weighted by molar-refractivity contribution is -0.274. The molecule has 10 heteroatoms. The molecule has 0 aromatic heterocycles. The average molecular weight is 354 g/mol. The van der Waals surface area contributed by atoms with Crippen molar-refractivity contribution in [2.75, 3.05) is 12.7 Å². The summed E-state index contributed by atoms with van der Waals surface area (Å²) < 4.78 is 50.8. The molecular weight excluding hydrogens is 338 g/mol. The number of benzene rings is 1. The lowest BCUT2D eigenvalue weighted by Crippen LogP contribution is -2.30. The van der Waals surface area contributed by atoms with Gasteiger partial charge in [0.15, 0.2) is 6.16 Å². The van der Waals surface area contributed by atoms with Gasteiger partial charge in [-0.3, -0.25) is 9.63 Å². The van der Waals surface area contributed by atoms with Crippen LogP contribution in [0.4, 0.5) is 13.2 Å². The minimum absolute atomic E-state index is 0.0252. The van der Waals surface area contributed by atoms with Crippen LogP contribution in [0.2, 0.25) is 0 Å². The van der Waals surface area contributed by atoms with Crippen LogP contribution in [0.15, 0.2) is 24.3 Å². The van der Waals surface area contributed by atoms with Gasteiger partial charge in [-0.05, 0) is 22.3 Å². The maximum absolute atomic E-state index is 12.1. The number of halogens is 3. The van der Waals surface area contributed by atoms with Crippen molar-refractivity contribution in [3.8, 4) is 5.75 Å². The first-order valence-corrected chi connectivity index (χ1v) is 7.96. The summed E-state index contributed by atoms with van der Waals surface area (Å²) in [7, 11) is -2.29. The fourth-order valence-electron chi connectivity index (χ4n) is 1.65. The summed E-state index contributed by atoms with van der Waals surface area (Å²) in [6, 6.07) is 5.19. The van der Waals surface area contributed by atoms with Crippen molar-refractivity contribution < 1.29 is 37.0 Å². The van der Waals surface area contributed by atoms with Gasteiger partial charge in [0, 0.05) is 13.3 Å². The first-order valence-electron chi connectivity index (χ1n) is 6.56. The molecule has 1 aromatic rings. The van der Waals surface area contributed by atoms with Crippen LogP contribution in [0.1, 0.15) is 18.9 Å². The third-order valence-corrected chi connectivity index (χ3v) is 3.28. The Morgan fingerprint density at radius 2 is 2.09 bits per heavy atom. The maximum atomic E-state index is 12.1. The van der Waals surface area contributed by atoms with Crippen LogP contribution in [-0.4, -0.2) is 34.9 Å². The van der Waals surface area contributed by atoms with E-state index in [2.05, 4.69) is 4.74 Å². The summed E-state index contributed by atoms with van der Waals surface area (Å²) in [5, 5.41) is 0.996. The van der Waals surface area contributed by atoms with Gasteiger partial charge in [0.25, 0.3) is 0 Å². The number of nitrogens with zero attached hydrogens (tertiary/aromatic N) is 1. The van der Waals surface area contributed by atoms with Gasteiger partial charge in [-0.1, -0.05) is 12.1 Å². The van der Waals surface area contributed by atoms with E-state index in [9.17, 15) is 22.5 Å². The van der Waals surface area contributed by atoms with E-state index in [-0.39, 0.29) is 31.5 Å². The van der Waals surface area contributed by atoms with Gasteiger partial charge in [-0.15, -0.1) is 13.2 Å². The molecule has 1 aromatic carbocycles. The van der Waals surface area contributed by atoms with E-state index >= 15 is 0 Å². The summed E-state index contributed by atoms with van der Waals surface area (Å²) in [5.74, 6) is -0.800. The number of rotatable bonds is 8. The van der Waals surface area contributed by atoms with Crippen LogP contribution in [0.5, 0.6) is 5.75 Å². The molecule has 128 valence electrons. The van der Waals surface area contributed by atoms with E-state index < -0.39 is 20.3 Å². The molecule has 0 saturated heterocycles. The normalized spacial score (nSPS) is 12.0. The van der Waals surface area contributed by atoms with Crippen molar-refractivity contribution in [2.24, 2.45) is 0 Å². The van der Waals surface area contributed by atoms with Crippen molar-refractivity contribution in [1.82, 2.24) is 5.06 Å². The van der Waals surface area contributed by atoms with Crippen molar-refractivity contribution >= 4 is 13.9 Å². The van der Waals surface area contributed by atoms with Gasteiger partial charge < -0.3 is 4.74 Å². The molecule has 0 radical (unpaired) electrons. The number of ether oxygens (including phenoxy) is 1. The Kier molecular flexibility index (Phi) is 7.41. The smallest absolute Gasteiger partial charge is 0.406 e. The lowest BCUT2D eigenvalue weighted by Gasteiger charge is -2.19. The molecule has 0 heterocycles. The predicted octanol–water partition coefficient (Wildman–Crippen LogP) is 2.99. The first-order chi connectivity index (χ1) is 10.7. The number of carbonyl (C=O) groups is 1. The Labute approximate surface area is 131 Å². The van der Waals surface area contributed by atoms with Gasteiger partial charge in [-0.2, -0.15) is 4.89 Å². The zero-order chi connectivity index (χ0) is 17.5. The van der Waals surface area contributed by atoms with Crippen LogP contribution < -0.4 is 4.74 Å². The molecule has 0 aliphatic carbocycles. The maximum Gasteiger partial charge on any atom is 0.573 e. The van der Waals surface area contributed by atoms with Crippen LogP contribution in [0.25, 0.3) is 0 Å². The second-order valence-electron chi connectivity index (χ2n) is 4.52. The quantitative estimate of drug-likeness (QED) is 0.574. The molecule has 1 N–H and O–H groups in total. The van der Waals surface area contributed by atoms with E-state index in [1.54, 1.807) is 0 Å². The van der Waals surface area contributed by atoms with E-state index in [0.717, 1.165) is 17.2 Å². The van der Waals surface area contributed by atoms with E-state index in [1.165, 1.54) is 19.1 Å². The number of carbonyl (C=O) groups excluding carboxylic acids is 1. The molecule has 0 spiro atoms. The highest BCUT2D eigenvalue weighted by Crippen LogP contribution is 2.23. The zero-order valence-electron chi connectivity index (χ0n) is 12.2. The minimum Gasteiger partial charge on any atom is -0.406 e. The average Bonchev–Trinajstić information content (AvgIpc) is 2.40. The molecule has 1 unspecified atom stereocenters. The number of alkyl halides is 3. The Bertz CT molecular complexity index is 553. The topological polar surface area (TPSA) is 76.1 Å². The number of hydrogen-bond donors (Lipinski definition) is 1. The predicted molar refractivity (Wildman–Crippen MR) is 74.6 cm³/mol. The molecule has 23 heavy (non-hydrogen) atoms. The number of hydrogen-bond acceptors (Lipinski definition) is 4. The number of hydroxylamine groups is 2. The molecule has 0 saturated carbocycles. The Morgan fingerprint density at radius 3 is 2.65 bits per heavy atom. The standard InChI is InChI=1S/C13H15F3NO5P/c1-10(18)17(6-3-7-23(19)20)21-9-11-4-2-5-12(8-11)22-13(14,15)16/h2,4-5,8H,3,6-7,9H2,1H3/p+1. The molecule has 0 bridgehead atoms. The van der Waals surface area contributed by atoms with Crippen molar-refractivity contribution in [2.45, 2.75) is 26.3 Å². The lowest BCUT2D eigenvalue weighted by atomic mass is 10.2. The summed E-state index contributed by atoms with van der Waals surface area (Å²) >= 11 is 0. The molecule has 6 nitrogen and oxygen atoms in total. The largest absolute Gasteiger partial charge is 0.573 e. The SMILES string of the molecule is CC(=O)N(CCC[P+](=O)O)OCc1cccc(OC(F)(F)F)c1. The molecule has 1 rings (SSSR count). The van der Waals surface area contributed by atoms with Gasteiger partial charge in [-0.25, -0.2) is 5.06 Å². The fraction of sp³-hybridized carbons (Fsp3) is 0.462. The van der Waals surface area contributed by atoms with Gasteiger partial charge in [0.2, 0.25) is 5.91 Å². The molecule has 1 atom stereocenters.